The summed E-state index contributed by atoms with van der Waals surface area (Å²) in [5.74, 6) is 2.63. The van der Waals surface area contributed by atoms with Crippen molar-refractivity contribution in [2.75, 3.05) is 10.6 Å². The monoisotopic (exact) mass is 472 g/mol. The van der Waals surface area contributed by atoms with Gasteiger partial charge in [0, 0.05) is 21.4 Å². The fourth-order valence-corrected chi connectivity index (χ4v) is 6.62. The van der Waals surface area contributed by atoms with E-state index in [1.54, 1.807) is 0 Å². The summed E-state index contributed by atoms with van der Waals surface area (Å²) in [5, 5.41) is 6.90. The molecule has 2 fully saturated rings. The maximum Gasteiger partial charge on any atom is 0.255 e. The molecule has 2 bridgehead atoms. The number of nitrogens with one attached hydrogen (secondary N) is 2. The second-order valence-electron chi connectivity index (χ2n) is 9.23. The molecule has 31 heavy (non-hydrogen) atoms. The molecule has 3 aliphatic rings. The molecule has 1 heterocycles. The van der Waals surface area contributed by atoms with Crippen LogP contribution in [0.15, 0.2) is 77.3 Å². The number of anilines is 2. The first-order chi connectivity index (χ1) is 15.2. The van der Waals surface area contributed by atoms with Crippen molar-refractivity contribution >= 4 is 33.2 Å². The normalized spacial score (nSPS) is 27.8. The van der Waals surface area contributed by atoms with Crippen molar-refractivity contribution in [2.45, 2.75) is 31.2 Å². The SMILES string of the molecule is O=C(Nc1ccc(Br)cc1)c1ccc2c(c1)[C@@H]1[C@H]3CC[C@@H](C3)[C@H]1[C@@H](c1ccccc1)N2. The predicted molar refractivity (Wildman–Crippen MR) is 128 cm³/mol. The van der Waals surface area contributed by atoms with Crippen LogP contribution in [0.3, 0.4) is 0 Å². The van der Waals surface area contributed by atoms with E-state index in [9.17, 15) is 4.79 Å². The number of rotatable bonds is 3. The number of hydrogen-bond acceptors (Lipinski definition) is 2. The molecule has 4 heteroatoms. The number of carbonyl (C=O) groups is 1. The van der Waals surface area contributed by atoms with Crippen LogP contribution in [0, 0.1) is 17.8 Å². The highest BCUT2D eigenvalue weighted by molar-refractivity contribution is 9.10. The van der Waals surface area contributed by atoms with E-state index >= 15 is 0 Å². The van der Waals surface area contributed by atoms with E-state index in [1.165, 1.54) is 36.1 Å². The van der Waals surface area contributed by atoms with Crippen LogP contribution in [0.5, 0.6) is 0 Å². The second-order valence-corrected chi connectivity index (χ2v) is 10.1. The molecular formula is C27H25BrN2O. The van der Waals surface area contributed by atoms with E-state index < -0.39 is 0 Å². The van der Waals surface area contributed by atoms with E-state index in [1.807, 2.05) is 30.3 Å². The highest BCUT2D eigenvalue weighted by Gasteiger charge is 2.53. The summed E-state index contributed by atoms with van der Waals surface area (Å²) in [7, 11) is 0. The lowest BCUT2D eigenvalue weighted by Gasteiger charge is -2.43. The zero-order valence-corrected chi connectivity index (χ0v) is 18.8. The largest absolute Gasteiger partial charge is 0.378 e. The molecule has 3 nitrogen and oxygen atoms in total. The van der Waals surface area contributed by atoms with Crippen molar-refractivity contribution in [2.24, 2.45) is 17.8 Å². The van der Waals surface area contributed by atoms with Crippen LogP contribution in [0.2, 0.25) is 0 Å². The van der Waals surface area contributed by atoms with E-state index in [0.29, 0.717) is 17.9 Å². The Morgan fingerprint density at radius 1 is 0.935 bits per heavy atom. The minimum absolute atomic E-state index is 0.0463. The van der Waals surface area contributed by atoms with Gasteiger partial charge in [-0.25, -0.2) is 0 Å². The van der Waals surface area contributed by atoms with E-state index in [4.69, 9.17) is 0 Å². The highest BCUT2D eigenvalue weighted by atomic mass is 79.9. The molecule has 0 spiro atoms. The average Bonchev–Trinajstić information content (AvgIpc) is 3.43. The molecule has 0 radical (unpaired) electrons. The molecule has 6 rings (SSSR count). The van der Waals surface area contributed by atoms with Gasteiger partial charge in [0.05, 0.1) is 6.04 Å². The van der Waals surface area contributed by atoms with Gasteiger partial charge in [-0.15, -0.1) is 0 Å². The molecule has 0 aromatic heterocycles. The van der Waals surface area contributed by atoms with Crippen LogP contribution in [0.4, 0.5) is 11.4 Å². The first-order valence-electron chi connectivity index (χ1n) is 11.2. The lowest BCUT2D eigenvalue weighted by Crippen LogP contribution is -2.35. The first-order valence-corrected chi connectivity index (χ1v) is 12.0. The fourth-order valence-electron chi connectivity index (χ4n) is 6.35. The minimum Gasteiger partial charge on any atom is -0.378 e. The Labute approximate surface area is 191 Å². The van der Waals surface area contributed by atoms with Gasteiger partial charge in [-0.2, -0.15) is 0 Å². The summed E-state index contributed by atoms with van der Waals surface area (Å²) in [4.78, 5) is 13.0. The summed E-state index contributed by atoms with van der Waals surface area (Å²) in [6.45, 7) is 0. The van der Waals surface area contributed by atoms with Gasteiger partial charge in [0.1, 0.15) is 0 Å². The summed E-state index contributed by atoms with van der Waals surface area (Å²) < 4.78 is 1.00. The Morgan fingerprint density at radius 3 is 2.52 bits per heavy atom. The maximum atomic E-state index is 13.0. The van der Waals surface area contributed by atoms with Crippen LogP contribution < -0.4 is 10.6 Å². The molecule has 1 aliphatic heterocycles. The molecule has 0 unspecified atom stereocenters. The summed E-state index contributed by atoms with van der Waals surface area (Å²) in [5.41, 5.74) is 5.47. The molecule has 3 aromatic rings. The van der Waals surface area contributed by atoms with Gasteiger partial charge in [-0.1, -0.05) is 46.3 Å². The fraction of sp³-hybridized carbons (Fsp3) is 0.296. The third-order valence-corrected chi connectivity index (χ3v) is 8.14. The van der Waals surface area contributed by atoms with E-state index in [0.717, 1.165) is 27.6 Å². The number of halogens is 1. The Balaban J connectivity index is 1.34. The molecule has 2 saturated carbocycles. The first kappa shape index (κ1) is 19.1. The van der Waals surface area contributed by atoms with Crippen LogP contribution in [0.1, 0.15) is 52.7 Å². The van der Waals surface area contributed by atoms with Crippen molar-refractivity contribution in [3.63, 3.8) is 0 Å². The molecule has 1 amide bonds. The van der Waals surface area contributed by atoms with Gasteiger partial charge < -0.3 is 10.6 Å². The summed E-state index contributed by atoms with van der Waals surface area (Å²) in [6.07, 6.45) is 3.99. The second kappa shape index (κ2) is 7.52. The lowest BCUT2D eigenvalue weighted by atomic mass is 9.68. The van der Waals surface area contributed by atoms with Gasteiger partial charge >= 0.3 is 0 Å². The molecule has 3 aromatic carbocycles. The highest BCUT2D eigenvalue weighted by Crippen LogP contribution is 2.63. The van der Waals surface area contributed by atoms with E-state index in [2.05, 4.69) is 69.0 Å². The van der Waals surface area contributed by atoms with Crippen LogP contribution in [-0.4, -0.2) is 5.91 Å². The minimum atomic E-state index is -0.0463. The number of amides is 1. The van der Waals surface area contributed by atoms with Crippen molar-refractivity contribution in [3.05, 3.63) is 94.0 Å². The number of carbonyl (C=O) groups excluding carboxylic acids is 1. The lowest BCUT2D eigenvalue weighted by molar-refractivity contribution is 0.102. The predicted octanol–water partition coefficient (Wildman–Crippen LogP) is 7.00. The number of fused-ring (bicyclic) bond motifs is 7. The Hall–Kier alpha value is -2.59. The van der Waals surface area contributed by atoms with Crippen molar-refractivity contribution in [1.82, 2.24) is 0 Å². The zero-order valence-electron chi connectivity index (χ0n) is 17.2. The topological polar surface area (TPSA) is 41.1 Å². The zero-order chi connectivity index (χ0) is 20.9. The molecule has 2 N–H and O–H groups in total. The van der Waals surface area contributed by atoms with Crippen molar-refractivity contribution < 1.29 is 4.79 Å². The van der Waals surface area contributed by atoms with Gasteiger partial charge in [0.25, 0.3) is 5.91 Å². The van der Waals surface area contributed by atoms with Gasteiger partial charge in [0.15, 0.2) is 0 Å². The Morgan fingerprint density at radius 2 is 1.71 bits per heavy atom. The molecule has 0 saturated heterocycles. The number of hydrogen-bond donors (Lipinski definition) is 2. The molecule has 2 aliphatic carbocycles. The standard InChI is InChI=1S/C27H25BrN2O/c28-20-9-11-21(12-10-20)29-27(31)19-8-13-23-22(15-19)24-17-6-7-18(14-17)25(24)26(30-23)16-4-2-1-3-5-16/h1-5,8-13,15,17-18,24-26,30H,6-7,14H2,(H,29,31)/t17-,18-,24-,25+,26+/m0/s1. The maximum absolute atomic E-state index is 13.0. The Bertz CT molecular complexity index is 1130. The number of benzene rings is 3. The third-order valence-electron chi connectivity index (χ3n) is 7.61. The van der Waals surface area contributed by atoms with Crippen molar-refractivity contribution in [1.29, 1.82) is 0 Å². The van der Waals surface area contributed by atoms with Crippen LogP contribution in [-0.2, 0) is 0 Å². The Kier molecular flexibility index (Phi) is 4.64. The van der Waals surface area contributed by atoms with Gasteiger partial charge in [-0.05, 0) is 96.5 Å². The van der Waals surface area contributed by atoms with Gasteiger partial charge in [-0.3, -0.25) is 4.79 Å². The summed E-state index contributed by atoms with van der Waals surface area (Å²) >= 11 is 3.44. The molecular weight excluding hydrogens is 448 g/mol. The molecule has 5 atom stereocenters. The molecule has 156 valence electrons. The van der Waals surface area contributed by atoms with Crippen LogP contribution >= 0.6 is 15.9 Å². The smallest absolute Gasteiger partial charge is 0.255 e. The summed E-state index contributed by atoms with van der Waals surface area (Å²) in [6, 6.07) is 25.2. The van der Waals surface area contributed by atoms with Crippen LogP contribution in [0.25, 0.3) is 0 Å². The third kappa shape index (κ3) is 3.28. The quantitative estimate of drug-likeness (QED) is 0.430. The van der Waals surface area contributed by atoms with Crippen molar-refractivity contribution in [3.8, 4) is 0 Å². The average molecular weight is 473 g/mol. The van der Waals surface area contributed by atoms with Gasteiger partial charge in [0.2, 0.25) is 0 Å². The van der Waals surface area contributed by atoms with E-state index in [-0.39, 0.29) is 5.91 Å².